The molecule has 3 N–H and O–H groups in total. The SMILES string of the molecule is NC1(C(=O)NCc2ccccc2CN2CCCCCC2)CC1. The van der Waals surface area contributed by atoms with Crippen molar-refractivity contribution in [3.63, 3.8) is 0 Å². The van der Waals surface area contributed by atoms with E-state index in [1.165, 1.54) is 49.9 Å². The molecule has 4 nitrogen and oxygen atoms in total. The Balaban J connectivity index is 1.60. The first kappa shape index (κ1) is 15.5. The second-order valence-corrected chi connectivity index (χ2v) is 6.80. The Morgan fingerprint density at radius 1 is 1.09 bits per heavy atom. The summed E-state index contributed by atoms with van der Waals surface area (Å²) >= 11 is 0. The van der Waals surface area contributed by atoms with Crippen LogP contribution >= 0.6 is 0 Å². The molecule has 1 aromatic carbocycles. The largest absolute Gasteiger partial charge is 0.350 e. The Bertz CT molecular complexity index is 517. The lowest BCUT2D eigenvalue weighted by Gasteiger charge is -2.22. The van der Waals surface area contributed by atoms with E-state index < -0.39 is 5.54 Å². The van der Waals surface area contributed by atoms with Crippen LogP contribution in [0.25, 0.3) is 0 Å². The maximum Gasteiger partial charge on any atom is 0.240 e. The third-order valence-corrected chi connectivity index (χ3v) is 4.89. The van der Waals surface area contributed by atoms with Gasteiger partial charge in [0.05, 0.1) is 5.54 Å². The Kier molecular flexibility index (Phi) is 4.79. The molecule has 1 aliphatic carbocycles. The average Bonchev–Trinajstić information content (AvgIpc) is 3.31. The second kappa shape index (κ2) is 6.80. The van der Waals surface area contributed by atoms with Crippen molar-refractivity contribution in [2.75, 3.05) is 13.1 Å². The number of amides is 1. The van der Waals surface area contributed by atoms with E-state index in [1.54, 1.807) is 0 Å². The Hall–Kier alpha value is -1.39. The van der Waals surface area contributed by atoms with Crippen LogP contribution in [0.4, 0.5) is 0 Å². The minimum Gasteiger partial charge on any atom is -0.350 e. The monoisotopic (exact) mass is 301 g/mol. The van der Waals surface area contributed by atoms with Crippen molar-refractivity contribution in [3.8, 4) is 0 Å². The lowest BCUT2D eigenvalue weighted by molar-refractivity contribution is -0.123. The molecule has 22 heavy (non-hydrogen) atoms. The number of nitrogens with zero attached hydrogens (tertiary/aromatic N) is 1. The maximum absolute atomic E-state index is 12.0. The second-order valence-electron chi connectivity index (χ2n) is 6.80. The minimum absolute atomic E-state index is 0.00271. The highest BCUT2D eigenvalue weighted by molar-refractivity contribution is 5.88. The molecule has 1 heterocycles. The minimum atomic E-state index is -0.584. The first-order valence-corrected chi connectivity index (χ1v) is 8.54. The highest BCUT2D eigenvalue weighted by Crippen LogP contribution is 2.32. The zero-order valence-electron chi connectivity index (χ0n) is 13.3. The molecule has 0 spiro atoms. The molecule has 0 atom stereocenters. The third kappa shape index (κ3) is 3.87. The number of likely N-dealkylation sites (tertiary alicyclic amines) is 1. The van der Waals surface area contributed by atoms with Crippen molar-refractivity contribution in [2.24, 2.45) is 5.73 Å². The number of benzene rings is 1. The van der Waals surface area contributed by atoms with E-state index in [1.807, 2.05) is 6.07 Å². The summed E-state index contributed by atoms with van der Waals surface area (Å²) in [5.74, 6) is -0.00271. The summed E-state index contributed by atoms with van der Waals surface area (Å²) < 4.78 is 0. The van der Waals surface area contributed by atoms with Crippen LogP contribution in [0, 0.1) is 0 Å². The lowest BCUT2D eigenvalue weighted by Crippen LogP contribution is -2.42. The van der Waals surface area contributed by atoms with Gasteiger partial charge in [0.1, 0.15) is 0 Å². The molecule has 1 aromatic rings. The number of hydrogen-bond donors (Lipinski definition) is 2. The molecule has 2 aliphatic rings. The fourth-order valence-electron chi connectivity index (χ4n) is 3.13. The summed E-state index contributed by atoms with van der Waals surface area (Å²) in [6.07, 6.45) is 6.94. The molecule has 1 saturated heterocycles. The maximum atomic E-state index is 12.0. The number of hydrogen-bond acceptors (Lipinski definition) is 3. The molecule has 3 rings (SSSR count). The topological polar surface area (TPSA) is 58.4 Å². The molecule has 1 saturated carbocycles. The molecule has 0 unspecified atom stereocenters. The number of nitrogens with two attached hydrogens (primary N) is 1. The summed E-state index contributed by atoms with van der Waals surface area (Å²) in [4.78, 5) is 14.5. The molecule has 4 heteroatoms. The van der Waals surface area contributed by atoms with Crippen molar-refractivity contribution < 1.29 is 4.79 Å². The molecule has 1 aliphatic heterocycles. The molecular weight excluding hydrogens is 274 g/mol. The molecule has 0 aromatic heterocycles. The van der Waals surface area contributed by atoms with Crippen LogP contribution in [0.5, 0.6) is 0 Å². The van der Waals surface area contributed by atoms with Gasteiger partial charge in [-0.3, -0.25) is 9.69 Å². The van der Waals surface area contributed by atoms with Gasteiger partial charge in [-0.05, 0) is 49.9 Å². The number of nitrogens with one attached hydrogen (secondary N) is 1. The normalized spacial score (nSPS) is 21.1. The van der Waals surface area contributed by atoms with Crippen LogP contribution in [-0.2, 0) is 17.9 Å². The highest BCUT2D eigenvalue weighted by atomic mass is 16.2. The van der Waals surface area contributed by atoms with Crippen molar-refractivity contribution in [2.45, 2.75) is 57.2 Å². The smallest absolute Gasteiger partial charge is 0.240 e. The van der Waals surface area contributed by atoms with Gasteiger partial charge in [0.15, 0.2) is 0 Å². The van der Waals surface area contributed by atoms with Crippen molar-refractivity contribution >= 4 is 5.91 Å². The van der Waals surface area contributed by atoms with Gasteiger partial charge in [0.25, 0.3) is 0 Å². The van der Waals surface area contributed by atoms with E-state index in [9.17, 15) is 4.79 Å². The number of carbonyl (C=O) groups is 1. The predicted octanol–water partition coefficient (Wildman–Crippen LogP) is 2.17. The molecule has 2 fully saturated rings. The molecule has 0 radical (unpaired) electrons. The zero-order chi connectivity index (χ0) is 15.4. The lowest BCUT2D eigenvalue weighted by atomic mass is 10.1. The molecule has 0 bridgehead atoms. The first-order chi connectivity index (χ1) is 10.7. The molecule has 120 valence electrons. The fourth-order valence-corrected chi connectivity index (χ4v) is 3.13. The summed E-state index contributed by atoms with van der Waals surface area (Å²) in [6.45, 7) is 3.95. The average molecular weight is 301 g/mol. The van der Waals surface area contributed by atoms with Gasteiger partial charge in [0, 0.05) is 13.1 Å². The fraction of sp³-hybridized carbons (Fsp3) is 0.611. The standard InChI is InChI=1S/C18H27N3O/c19-18(9-10-18)17(22)20-13-15-7-3-4-8-16(15)14-21-11-5-1-2-6-12-21/h3-4,7-8H,1-2,5-6,9-14,19H2,(H,20,22). The van der Waals surface area contributed by atoms with Crippen LogP contribution < -0.4 is 11.1 Å². The van der Waals surface area contributed by atoms with Gasteiger partial charge in [0.2, 0.25) is 5.91 Å². The Morgan fingerprint density at radius 2 is 1.73 bits per heavy atom. The van der Waals surface area contributed by atoms with E-state index >= 15 is 0 Å². The van der Waals surface area contributed by atoms with Crippen LogP contribution in [0.1, 0.15) is 49.7 Å². The van der Waals surface area contributed by atoms with Crippen molar-refractivity contribution in [1.29, 1.82) is 0 Å². The Morgan fingerprint density at radius 3 is 2.36 bits per heavy atom. The number of carbonyl (C=O) groups excluding carboxylic acids is 1. The van der Waals surface area contributed by atoms with Gasteiger partial charge in [-0.25, -0.2) is 0 Å². The van der Waals surface area contributed by atoms with E-state index in [-0.39, 0.29) is 5.91 Å². The third-order valence-electron chi connectivity index (χ3n) is 4.89. The summed E-state index contributed by atoms with van der Waals surface area (Å²) in [5.41, 5.74) is 7.89. The Labute approximate surface area is 133 Å². The van der Waals surface area contributed by atoms with E-state index in [2.05, 4.69) is 28.4 Å². The van der Waals surface area contributed by atoms with Crippen molar-refractivity contribution in [1.82, 2.24) is 10.2 Å². The van der Waals surface area contributed by atoms with Gasteiger partial charge in [-0.15, -0.1) is 0 Å². The van der Waals surface area contributed by atoms with E-state index in [4.69, 9.17) is 5.73 Å². The summed E-state index contributed by atoms with van der Waals surface area (Å²) in [6, 6.07) is 8.43. The first-order valence-electron chi connectivity index (χ1n) is 8.54. The van der Waals surface area contributed by atoms with E-state index in [0.717, 1.165) is 19.4 Å². The molecular formula is C18H27N3O. The van der Waals surface area contributed by atoms with Crippen LogP contribution in [0.3, 0.4) is 0 Å². The van der Waals surface area contributed by atoms with Gasteiger partial charge in [-0.2, -0.15) is 0 Å². The van der Waals surface area contributed by atoms with Gasteiger partial charge >= 0.3 is 0 Å². The van der Waals surface area contributed by atoms with Crippen LogP contribution in [0.2, 0.25) is 0 Å². The summed E-state index contributed by atoms with van der Waals surface area (Å²) in [7, 11) is 0. The predicted molar refractivity (Wildman–Crippen MR) is 88.2 cm³/mol. The number of rotatable bonds is 5. The van der Waals surface area contributed by atoms with Crippen LogP contribution in [-0.4, -0.2) is 29.4 Å². The van der Waals surface area contributed by atoms with Gasteiger partial charge < -0.3 is 11.1 Å². The van der Waals surface area contributed by atoms with Gasteiger partial charge in [-0.1, -0.05) is 37.1 Å². The zero-order valence-corrected chi connectivity index (χ0v) is 13.3. The molecule has 1 amide bonds. The van der Waals surface area contributed by atoms with Crippen molar-refractivity contribution in [3.05, 3.63) is 35.4 Å². The van der Waals surface area contributed by atoms with E-state index in [0.29, 0.717) is 6.54 Å². The quantitative estimate of drug-likeness (QED) is 0.876. The van der Waals surface area contributed by atoms with Crippen LogP contribution in [0.15, 0.2) is 24.3 Å². The highest BCUT2D eigenvalue weighted by Gasteiger charge is 2.45. The summed E-state index contributed by atoms with van der Waals surface area (Å²) in [5, 5.41) is 3.01.